The molecule has 1 N–H and O–H groups in total. The SMILES string of the molecule is CCC(Nc1nc(Cl)ncc1[N+](=O)[O-])c1ccccc1. The Morgan fingerprint density at radius 2 is 2.10 bits per heavy atom. The third-order valence-electron chi connectivity index (χ3n) is 2.86. The van der Waals surface area contributed by atoms with E-state index in [0.29, 0.717) is 0 Å². The van der Waals surface area contributed by atoms with Gasteiger partial charge < -0.3 is 5.32 Å². The van der Waals surface area contributed by atoms with Crippen molar-refractivity contribution in [3.05, 3.63) is 57.5 Å². The third kappa shape index (κ3) is 3.21. The maximum absolute atomic E-state index is 11.0. The molecule has 104 valence electrons. The first kappa shape index (κ1) is 14.2. The molecule has 0 radical (unpaired) electrons. The van der Waals surface area contributed by atoms with Gasteiger partial charge in [-0.15, -0.1) is 0 Å². The second-order valence-corrected chi connectivity index (χ2v) is 4.48. The van der Waals surface area contributed by atoms with Crippen LogP contribution in [0.3, 0.4) is 0 Å². The second-order valence-electron chi connectivity index (χ2n) is 4.15. The summed E-state index contributed by atoms with van der Waals surface area (Å²) in [4.78, 5) is 18.0. The van der Waals surface area contributed by atoms with Gasteiger partial charge in [-0.3, -0.25) is 10.1 Å². The van der Waals surface area contributed by atoms with Crippen molar-refractivity contribution in [2.45, 2.75) is 19.4 Å². The van der Waals surface area contributed by atoms with Crippen LogP contribution in [-0.2, 0) is 0 Å². The molecule has 20 heavy (non-hydrogen) atoms. The Bertz CT molecular complexity index is 607. The highest BCUT2D eigenvalue weighted by atomic mass is 35.5. The molecule has 1 aromatic carbocycles. The summed E-state index contributed by atoms with van der Waals surface area (Å²) in [6.45, 7) is 1.99. The van der Waals surface area contributed by atoms with E-state index in [1.165, 1.54) is 0 Å². The molecule has 1 heterocycles. The molecule has 0 aliphatic heterocycles. The van der Waals surface area contributed by atoms with Gasteiger partial charge in [0.15, 0.2) is 0 Å². The monoisotopic (exact) mass is 292 g/mol. The number of anilines is 1. The molecule has 6 nitrogen and oxygen atoms in total. The number of hydrogen-bond acceptors (Lipinski definition) is 5. The molecule has 2 aromatic rings. The molecule has 1 aromatic heterocycles. The average molecular weight is 293 g/mol. The van der Waals surface area contributed by atoms with Gasteiger partial charge in [-0.05, 0) is 23.6 Å². The Labute approximate surface area is 121 Å². The molecule has 0 amide bonds. The van der Waals surface area contributed by atoms with Crippen molar-refractivity contribution in [3.8, 4) is 0 Å². The summed E-state index contributed by atoms with van der Waals surface area (Å²) in [5.41, 5.74) is 0.836. The van der Waals surface area contributed by atoms with Gasteiger partial charge in [-0.1, -0.05) is 37.3 Å². The summed E-state index contributed by atoms with van der Waals surface area (Å²) in [5, 5.41) is 14.0. The van der Waals surface area contributed by atoms with Crippen LogP contribution in [0.5, 0.6) is 0 Å². The summed E-state index contributed by atoms with van der Waals surface area (Å²) in [6, 6.07) is 9.58. The molecular formula is C13H13ClN4O2. The van der Waals surface area contributed by atoms with Crippen molar-refractivity contribution in [2.75, 3.05) is 5.32 Å². The van der Waals surface area contributed by atoms with Gasteiger partial charge in [0, 0.05) is 0 Å². The van der Waals surface area contributed by atoms with Crippen molar-refractivity contribution in [2.24, 2.45) is 0 Å². The van der Waals surface area contributed by atoms with E-state index in [2.05, 4.69) is 15.3 Å². The minimum Gasteiger partial charge on any atom is -0.357 e. The van der Waals surface area contributed by atoms with E-state index in [0.717, 1.165) is 18.2 Å². The largest absolute Gasteiger partial charge is 0.357 e. The van der Waals surface area contributed by atoms with E-state index in [1.54, 1.807) is 0 Å². The average Bonchev–Trinajstić information content (AvgIpc) is 2.45. The fourth-order valence-electron chi connectivity index (χ4n) is 1.87. The normalized spacial score (nSPS) is 11.9. The number of hydrogen-bond donors (Lipinski definition) is 1. The van der Waals surface area contributed by atoms with Crippen LogP contribution in [0.15, 0.2) is 36.5 Å². The lowest BCUT2D eigenvalue weighted by molar-refractivity contribution is -0.384. The Balaban J connectivity index is 2.32. The Morgan fingerprint density at radius 3 is 2.70 bits per heavy atom. The van der Waals surface area contributed by atoms with Gasteiger partial charge in [0.1, 0.15) is 6.20 Å². The predicted octanol–water partition coefficient (Wildman–Crippen LogP) is 3.60. The van der Waals surface area contributed by atoms with Crippen molar-refractivity contribution < 1.29 is 4.92 Å². The molecule has 0 aliphatic carbocycles. The number of nitro groups is 1. The minimum atomic E-state index is -0.531. The molecule has 0 aliphatic rings. The minimum absolute atomic E-state index is 0.0268. The smallest absolute Gasteiger partial charge is 0.329 e. The number of rotatable bonds is 5. The lowest BCUT2D eigenvalue weighted by atomic mass is 10.0. The molecule has 7 heteroatoms. The first-order valence-electron chi connectivity index (χ1n) is 6.10. The molecule has 1 atom stereocenters. The van der Waals surface area contributed by atoms with Crippen LogP contribution in [0.2, 0.25) is 5.28 Å². The lowest BCUT2D eigenvalue weighted by Gasteiger charge is -2.17. The zero-order chi connectivity index (χ0) is 14.5. The van der Waals surface area contributed by atoms with Gasteiger partial charge in [0.2, 0.25) is 11.1 Å². The van der Waals surface area contributed by atoms with Crippen LogP contribution in [0, 0.1) is 10.1 Å². The molecule has 0 saturated carbocycles. The van der Waals surface area contributed by atoms with Crippen molar-refractivity contribution >= 4 is 23.1 Å². The number of halogens is 1. The van der Waals surface area contributed by atoms with E-state index in [1.807, 2.05) is 37.3 Å². The Morgan fingerprint density at radius 1 is 1.40 bits per heavy atom. The zero-order valence-corrected chi connectivity index (χ0v) is 11.5. The lowest BCUT2D eigenvalue weighted by Crippen LogP contribution is -2.12. The highest BCUT2D eigenvalue weighted by molar-refractivity contribution is 6.28. The van der Waals surface area contributed by atoms with E-state index < -0.39 is 4.92 Å². The predicted molar refractivity (Wildman–Crippen MR) is 76.8 cm³/mol. The summed E-state index contributed by atoms with van der Waals surface area (Å²) in [5.74, 6) is 0.130. The molecular weight excluding hydrogens is 280 g/mol. The van der Waals surface area contributed by atoms with Crippen LogP contribution in [-0.4, -0.2) is 14.9 Å². The van der Waals surface area contributed by atoms with Gasteiger partial charge in [-0.25, -0.2) is 4.98 Å². The fraction of sp³-hybridized carbons (Fsp3) is 0.231. The Hall–Kier alpha value is -2.21. The van der Waals surface area contributed by atoms with Crippen LogP contribution < -0.4 is 5.32 Å². The van der Waals surface area contributed by atoms with E-state index in [-0.39, 0.29) is 22.8 Å². The number of nitrogens with zero attached hydrogens (tertiary/aromatic N) is 3. The molecule has 0 bridgehead atoms. The maximum Gasteiger partial charge on any atom is 0.329 e. The highest BCUT2D eigenvalue weighted by Crippen LogP contribution is 2.28. The quantitative estimate of drug-likeness (QED) is 0.517. The number of benzene rings is 1. The Kier molecular flexibility index (Phi) is 4.47. The topological polar surface area (TPSA) is 81.0 Å². The molecule has 0 fully saturated rings. The van der Waals surface area contributed by atoms with Crippen molar-refractivity contribution in [3.63, 3.8) is 0 Å². The third-order valence-corrected chi connectivity index (χ3v) is 3.04. The second kappa shape index (κ2) is 6.29. The van der Waals surface area contributed by atoms with Crippen molar-refractivity contribution in [1.82, 2.24) is 9.97 Å². The van der Waals surface area contributed by atoms with Gasteiger partial charge in [0.25, 0.3) is 0 Å². The maximum atomic E-state index is 11.0. The van der Waals surface area contributed by atoms with Crippen LogP contribution in [0.1, 0.15) is 24.9 Å². The van der Waals surface area contributed by atoms with Crippen LogP contribution >= 0.6 is 11.6 Å². The zero-order valence-electron chi connectivity index (χ0n) is 10.8. The molecule has 0 spiro atoms. The van der Waals surface area contributed by atoms with Gasteiger partial charge in [-0.2, -0.15) is 4.98 Å². The van der Waals surface area contributed by atoms with Gasteiger partial charge >= 0.3 is 5.69 Å². The first-order chi connectivity index (χ1) is 9.61. The van der Waals surface area contributed by atoms with E-state index in [4.69, 9.17) is 11.6 Å². The first-order valence-corrected chi connectivity index (χ1v) is 6.48. The van der Waals surface area contributed by atoms with E-state index in [9.17, 15) is 10.1 Å². The van der Waals surface area contributed by atoms with Crippen molar-refractivity contribution in [1.29, 1.82) is 0 Å². The molecule has 0 saturated heterocycles. The summed E-state index contributed by atoms with van der Waals surface area (Å²) in [7, 11) is 0. The van der Waals surface area contributed by atoms with Crippen LogP contribution in [0.25, 0.3) is 0 Å². The summed E-state index contributed by atoms with van der Waals surface area (Å²) in [6.07, 6.45) is 1.86. The van der Waals surface area contributed by atoms with Crippen LogP contribution in [0.4, 0.5) is 11.5 Å². The van der Waals surface area contributed by atoms with E-state index >= 15 is 0 Å². The summed E-state index contributed by atoms with van der Waals surface area (Å²) < 4.78 is 0. The number of nitrogens with one attached hydrogen (secondary N) is 1. The highest BCUT2D eigenvalue weighted by Gasteiger charge is 2.20. The fourth-order valence-corrected chi connectivity index (χ4v) is 2.00. The standard InChI is InChI=1S/C13H13ClN4O2/c1-2-10(9-6-4-3-5-7-9)16-12-11(18(19)20)8-15-13(14)17-12/h3-8,10H,2H2,1H3,(H,15,16,17). The van der Waals surface area contributed by atoms with Gasteiger partial charge in [0.05, 0.1) is 11.0 Å². The molecule has 1 unspecified atom stereocenters. The summed E-state index contributed by atoms with van der Waals surface area (Å²) >= 11 is 5.71. The number of aromatic nitrogens is 2. The molecule has 2 rings (SSSR count).